The van der Waals surface area contributed by atoms with Gasteiger partial charge in [0.05, 0.1) is 6.10 Å². The number of carbonyl (C=O) groups is 3. The lowest BCUT2D eigenvalue weighted by Gasteiger charge is -2.10. The predicted molar refractivity (Wildman–Crippen MR) is 153 cm³/mol. The van der Waals surface area contributed by atoms with Crippen LogP contribution >= 0.6 is 0 Å². The highest BCUT2D eigenvalue weighted by Gasteiger charge is 2.03. The maximum Gasteiger partial charge on any atom is 0.631 e. The minimum absolute atomic E-state index is 0.0853. The van der Waals surface area contributed by atoms with Crippen molar-refractivity contribution in [2.24, 2.45) is 0 Å². The van der Waals surface area contributed by atoms with Crippen molar-refractivity contribution in [2.45, 2.75) is 161 Å². The van der Waals surface area contributed by atoms with Gasteiger partial charge in [-0.05, 0) is 32.1 Å². The first-order valence-electron chi connectivity index (χ1n) is 14.9. The van der Waals surface area contributed by atoms with Gasteiger partial charge in [0.15, 0.2) is 0 Å². The molecule has 0 spiro atoms. The Morgan fingerprint density at radius 3 is 0.974 bits per heavy atom. The van der Waals surface area contributed by atoms with Gasteiger partial charge in [-0.3, -0.25) is 14.4 Å². The van der Waals surface area contributed by atoms with Crippen LogP contribution < -0.4 is 0 Å². The van der Waals surface area contributed by atoms with E-state index < -0.39 is 25.2 Å². The van der Waals surface area contributed by atoms with E-state index in [9.17, 15) is 19.5 Å². The van der Waals surface area contributed by atoms with Crippen LogP contribution in [0.5, 0.6) is 0 Å². The molecule has 11 heteroatoms. The molecule has 0 fully saturated rings. The summed E-state index contributed by atoms with van der Waals surface area (Å²) in [5.74, 6) is -2.16. The van der Waals surface area contributed by atoms with Crippen molar-refractivity contribution in [1.82, 2.24) is 0 Å². The van der Waals surface area contributed by atoms with Gasteiger partial charge in [0.1, 0.15) is 0 Å². The summed E-state index contributed by atoms with van der Waals surface area (Å²) in [6.07, 6.45) is 22.1. The number of aliphatic hydroxyl groups excluding tert-OH is 1. The van der Waals surface area contributed by atoms with Crippen LogP contribution in [0.1, 0.15) is 155 Å². The average molecular weight is 565 g/mol. The highest BCUT2D eigenvalue weighted by atomic mass is 16.5. The van der Waals surface area contributed by atoms with Gasteiger partial charge in [0.2, 0.25) is 0 Å². The average Bonchev–Trinajstić information content (AvgIpc) is 2.84. The fourth-order valence-electron chi connectivity index (χ4n) is 3.93. The molecule has 0 radical (unpaired) electrons. The van der Waals surface area contributed by atoms with Gasteiger partial charge in [-0.25, -0.2) is 0 Å². The first kappa shape index (κ1) is 41.8. The van der Waals surface area contributed by atoms with Crippen LogP contribution in [0.25, 0.3) is 0 Å². The molecule has 0 aliphatic carbocycles. The summed E-state index contributed by atoms with van der Waals surface area (Å²) in [7, 11) is -2.17. The Morgan fingerprint density at radius 1 is 0.487 bits per heavy atom. The summed E-state index contributed by atoms with van der Waals surface area (Å²) in [5.41, 5.74) is 0. The molecule has 0 heterocycles. The minimum atomic E-state index is -2.17. The number of hydrogen-bond acceptors (Lipinski definition) is 7. The highest BCUT2D eigenvalue weighted by molar-refractivity contribution is 6.30. The molecule has 10 nitrogen and oxygen atoms in total. The molecule has 1 unspecified atom stereocenters. The van der Waals surface area contributed by atoms with E-state index in [4.69, 9.17) is 30.4 Å². The lowest BCUT2D eigenvalue weighted by Crippen LogP contribution is -2.07. The molecule has 0 aliphatic heterocycles. The summed E-state index contributed by atoms with van der Waals surface area (Å²) in [4.78, 5) is 30.6. The van der Waals surface area contributed by atoms with Gasteiger partial charge >= 0.3 is 25.2 Å². The standard InChI is InChI=1S/C18H36O3.C10H18O4.BH3O3/c1-2-3-4-11-14-17(19)15-12-9-7-5-6-8-10-13-16-18(20)21;11-9(12)7-5-3-1-2-4-6-8-10(13)14;2-1(3)4/h17,19H,2-16H2,1H3,(H,20,21);1-8H2,(H,11,12)(H,13,14);2-4H. The van der Waals surface area contributed by atoms with E-state index in [2.05, 4.69) is 6.92 Å². The predicted octanol–water partition coefficient (Wildman–Crippen LogP) is 5.53. The second kappa shape index (κ2) is 34.3. The molecule has 7 N–H and O–H groups in total. The Hall–Kier alpha value is -1.69. The fourth-order valence-corrected chi connectivity index (χ4v) is 3.93. The molecule has 0 saturated carbocycles. The number of aliphatic hydroxyl groups is 1. The number of aliphatic carboxylic acids is 3. The minimum Gasteiger partial charge on any atom is -0.481 e. The zero-order valence-electron chi connectivity index (χ0n) is 24.3. The Kier molecular flexibility index (Phi) is 36.8. The van der Waals surface area contributed by atoms with Crippen LogP contribution in [0.4, 0.5) is 0 Å². The number of carboxylic acids is 3. The molecule has 232 valence electrons. The van der Waals surface area contributed by atoms with E-state index in [0.717, 1.165) is 77.0 Å². The molecule has 0 aliphatic rings. The van der Waals surface area contributed by atoms with Crippen LogP contribution in [-0.4, -0.2) is 66.8 Å². The summed E-state index contributed by atoms with van der Waals surface area (Å²) < 4.78 is 0. The van der Waals surface area contributed by atoms with Crippen molar-refractivity contribution in [3.05, 3.63) is 0 Å². The Bertz CT molecular complexity index is 524. The van der Waals surface area contributed by atoms with Crippen molar-refractivity contribution in [2.75, 3.05) is 0 Å². The monoisotopic (exact) mass is 564 g/mol. The van der Waals surface area contributed by atoms with E-state index in [1.165, 1.54) is 51.4 Å². The normalized spacial score (nSPS) is 11.0. The van der Waals surface area contributed by atoms with E-state index in [1.54, 1.807) is 0 Å². The van der Waals surface area contributed by atoms with Crippen molar-refractivity contribution in [3.8, 4) is 0 Å². The zero-order valence-corrected chi connectivity index (χ0v) is 24.3. The van der Waals surface area contributed by atoms with Crippen LogP contribution in [0.3, 0.4) is 0 Å². The molecule has 0 aromatic heterocycles. The molecule has 0 aromatic carbocycles. The van der Waals surface area contributed by atoms with E-state index in [-0.39, 0.29) is 18.9 Å². The van der Waals surface area contributed by atoms with E-state index >= 15 is 0 Å². The van der Waals surface area contributed by atoms with E-state index in [1.807, 2.05) is 0 Å². The van der Waals surface area contributed by atoms with Gasteiger partial charge in [-0.15, -0.1) is 0 Å². The largest absolute Gasteiger partial charge is 0.631 e. The third kappa shape index (κ3) is 53.3. The molecule has 0 aromatic rings. The molecule has 1 atom stereocenters. The van der Waals surface area contributed by atoms with Crippen LogP contribution in [-0.2, 0) is 14.4 Å². The summed E-state index contributed by atoms with van der Waals surface area (Å²) >= 11 is 0. The Balaban J connectivity index is -0.000000618. The van der Waals surface area contributed by atoms with E-state index in [0.29, 0.717) is 6.42 Å². The molecule has 0 rings (SSSR count). The van der Waals surface area contributed by atoms with Gasteiger partial charge in [0.25, 0.3) is 0 Å². The van der Waals surface area contributed by atoms with Gasteiger partial charge in [-0.2, -0.15) is 0 Å². The second-order valence-corrected chi connectivity index (χ2v) is 10.0. The molecule has 0 saturated heterocycles. The summed E-state index contributed by atoms with van der Waals surface area (Å²) in [6, 6.07) is 0. The Morgan fingerprint density at radius 2 is 0.718 bits per heavy atom. The summed E-state index contributed by atoms with van der Waals surface area (Å²) in [6.45, 7) is 2.21. The summed E-state index contributed by atoms with van der Waals surface area (Å²) in [5, 5.41) is 56.6. The molecule has 0 amide bonds. The first-order valence-corrected chi connectivity index (χ1v) is 14.9. The lowest BCUT2D eigenvalue weighted by atomic mass is 10.0. The number of unbranched alkanes of at least 4 members (excludes halogenated alkanes) is 15. The first-order chi connectivity index (χ1) is 18.5. The number of carboxylic acid groups (broad SMARTS) is 3. The highest BCUT2D eigenvalue weighted by Crippen LogP contribution is 2.14. The second-order valence-electron chi connectivity index (χ2n) is 10.0. The van der Waals surface area contributed by atoms with Gasteiger partial charge < -0.3 is 35.5 Å². The third-order valence-corrected chi connectivity index (χ3v) is 6.10. The molecular weight excluding hydrogens is 507 g/mol. The van der Waals surface area contributed by atoms with Gasteiger partial charge in [0, 0.05) is 19.3 Å². The zero-order chi connectivity index (χ0) is 30.2. The molecule has 39 heavy (non-hydrogen) atoms. The molecular formula is C28H57BO10. The number of hydrogen-bond donors (Lipinski definition) is 7. The van der Waals surface area contributed by atoms with Crippen molar-refractivity contribution in [3.63, 3.8) is 0 Å². The smallest absolute Gasteiger partial charge is 0.481 e. The molecule has 0 bridgehead atoms. The SMILES string of the molecule is CCCCCCC(O)CCCCCCCCCCC(=O)O.O=C(O)CCCCCCCCC(=O)O.OB(O)O. The number of rotatable bonds is 25. The van der Waals surface area contributed by atoms with Crippen molar-refractivity contribution in [1.29, 1.82) is 0 Å². The maximum atomic E-state index is 10.3. The van der Waals surface area contributed by atoms with Crippen LogP contribution in [0.2, 0.25) is 0 Å². The van der Waals surface area contributed by atoms with Crippen LogP contribution in [0.15, 0.2) is 0 Å². The van der Waals surface area contributed by atoms with Crippen LogP contribution in [0, 0.1) is 0 Å². The van der Waals surface area contributed by atoms with Crippen molar-refractivity contribution >= 4 is 25.2 Å². The third-order valence-electron chi connectivity index (χ3n) is 6.10. The topological polar surface area (TPSA) is 193 Å². The Labute approximate surface area is 236 Å². The van der Waals surface area contributed by atoms with Gasteiger partial charge in [-0.1, -0.05) is 103 Å². The fraction of sp³-hybridized carbons (Fsp3) is 0.893. The lowest BCUT2D eigenvalue weighted by molar-refractivity contribution is -0.138. The maximum absolute atomic E-state index is 10.3. The van der Waals surface area contributed by atoms with Crippen molar-refractivity contribution < 1.29 is 49.9 Å². The quantitative estimate of drug-likeness (QED) is 0.0548.